The first-order valence-corrected chi connectivity index (χ1v) is 9.88. The van der Waals surface area contributed by atoms with Gasteiger partial charge >= 0.3 is 5.97 Å². The van der Waals surface area contributed by atoms with Gasteiger partial charge in [-0.1, -0.05) is 23.2 Å². The van der Waals surface area contributed by atoms with Gasteiger partial charge in [-0.05, 0) is 38.3 Å². The molecular formula is C19H22Cl2N2O6. The van der Waals surface area contributed by atoms with Crippen LogP contribution in [0.25, 0.3) is 0 Å². The molecule has 1 aromatic carbocycles. The van der Waals surface area contributed by atoms with Gasteiger partial charge < -0.3 is 19.5 Å². The van der Waals surface area contributed by atoms with Gasteiger partial charge in [-0.2, -0.15) is 0 Å². The molecule has 3 unspecified atom stereocenters. The molecule has 1 fully saturated rings. The molecule has 0 bridgehead atoms. The van der Waals surface area contributed by atoms with E-state index in [1.807, 2.05) is 0 Å². The lowest BCUT2D eigenvalue weighted by atomic mass is 9.72. The second-order valence-electron chi connectivity index (χ2n) is 7.28. The van der Waals surface area contributed by atoms with Gasteiger partial charge in [0.1, 0.15) is 17.4 Å². The lowest BCUT2D eigenvalue weighted by molar-refractivity contribution is -0.439. The molecule has 0 spiro atoms. The minimum atomic E-state index is -1.72. The lowest BCUT2D eigenvalue weighted by Gasteiger charge is -2.50. The summed E-state index contributed by atoms with van der Waals surface area (Å²) in [5.41, 5.74) is -1.24. The van der Waals surface area contributed by atoms with Crippen LogP contribution in [0.1, 0.15) is 37.7 Å². The Hall–Kier alpha value is -2.03. The fraction of sp³-hybridized carbons (Fsp3) is 0.526. The fourth-order valence-electron chi connectivity index (χ4n) is 4.48. The van der Waals surface area contributed by atoms with E-state index in [1.54, 1.807) is 4.90 Å². The standard InChI is InChI=1S/C19H22Cl2N2O6/c1-19(25)15(18(24)29-3)14(11-8-10(20)9-12(21)17(11)28-2)16(23(26)27)13-6-4-5-7-22(13)19/h8-9,14-15,25H,4-7H2,1-3H3. The van der Waals surface area contributed by atoms with Crippen LogP contribution < -0.4 is 4.74 Å². The number of halogens is 2. The largest absolute Gasteiger partial charge is 0.495 e. The van der Waals surface area contributed by atoms with Crippen LogP contribution in [-0.4, -0.2) is 47.4 Å². The number of esters is 1. The molecule has 1 saturated heterocycles. The van der Waals surface area contributed by atoms with Gasteiger partial charge in [0, 0.05) is 17.1 Å². The number of methoxy groups -OCH3 is 2. The number of aliphatic hydroxyl groups is 1. The van der Waals surface area contributed by atoms with Gasteiger partial charge in [-0.3, -0.25) is 14.9 Å². The summed E-state index contributed by atoms with van der Waals surface area (Å²) in [5, 5.41) is 24.0. The molecule has 0 amide bonds. The topological polar surface area (TPSA) is 102 Å². The summed E-state index contributed by atoms with van der Waals surface area (Å²) in [6, 6.07) is 2.93. The summed E-state index contributed by atoms with van der Waals surface area (Å²) < 4.78 is 10.3. The zero-order chi connectivity index (χ0) is 21.5. The number of carbonyl (C=O) groups is 1. The van der Waals surface area contributed by atoms with Crippen molar-refractivity contribution in [1.29, 1.82) is 0 Å². The van der Waals surface area contributed by atoms with Crippen molar-refractivity contribution in [3.05, 3.63) is 49.2 Å². The Morgan fingerprint density at radius 1 is 1.34 bits per heavy atom. The van der Waals surface area contributed by atoms with Gasteiger partial charge in [0.25, 0.3) is 5.70 Å². The molecule has 2 aliphatic heterocycles. The van der Waals surface area contributed by atoms with Crippen LogP contribution in [-0.2, 0) is 9.53 Å². The van der Waals surface area contributed by atoms with Gasteiger partial charge in [-0.25, -0.2) is 0 Å². The van der Waals surface area contributed by atoms with Crippen molar-refractivity contribution < 1.29 is 24.3 Å². The third-order valence-corrected chi connectivity index (χ3v) is 6.16. The Bertz CT molecular complexity index is 886. The minimum absolute atomic E-state index is 0.150. The number of hydrogen-bond donors (Lipinski definition) is 1. The first-order valence-electron chi connectivity index (χ1n) is 9.13. The van der Waals surface area contributed by atoms with Crippen molar-refractivity contribution in [3.8, 4) is 5.75 Å². The predicted molar refractivity (Wildman–Crippen MR) is 106 cm³/mol. The van der Waals surface area contributed by atoms with E-state index in [4.69, 9.17) is 32.7 Å². The molecule has 29 heavy (non-hydrogen) atoms. The summed E-state index contributed by atoms with van der Waals surface area (Å²) >= 11 is 12.4. The SMILES string of the molecule is COC(=O)C1C(c2cc(Cl)cc(Cl)c2OC)C([N+](=O)[O-])=C2CCCCN2C1(C)O. The highest BCUT2D eigenvalue weighted by molar-refractivity contribution is 6.35. The van der Waals surface area contributed by atoms with E-state index in [9.17, 15) is 20.0 Å². The monoisotopic (exact) mass is 444 g/mol. The molecule has 0 aromatic heterocycles. The first-order chi connectivity index (χ1) is 13.6. The first kappa shape index (κ1) is 21.7. The second-order valence-corrected chi connectivity index (χ2v) is 8.12. The number of fused-ring (bicyclic) bond motifs is 1. The Morgan fingerprint density at radius 3 is 2.62 bits per heavy atom. The third-order valence-electron chi connectivity index (χ3n) is 5.66. The fourth-order valence-corrected chi connectivity index (χ4v) is 5.06. The Kier molecular flexibility index (Phi) is 5.98. The molecule has 3 atom stereocenters. The van der Waals surface area contributed by atoms with E-state index in [-0.39, 0.29) is 27.1 Å². The van der Waals surface area contributed by atoms with E-state index in [2.05, 4.69) is 0 Å². The highest BCUT2D eigenvalue weighted by Crippen LogP contribution is 2.52. The number of benzene rings is 1. The number of ether oxygens (including phenoxy) is 2. The number of nitro groups is 1. The molecule has 1 N–H and O–H groups in total. The minimum Gasteiger partial charge on any atom is -0.495 e. The predicted octanol–water partition coefficient (Wildman–Crippen LogP) is 3.57. The van der Waals surface area contributed by atoms with Crippen molar-refractivity contribution in [2.45, 2.75) is 37.8 Å². The van der Waals surface area contributed by atoms with E-state index < -0.39 is 28.5 Å². The highest BCUT2D eigenvalue weighted by atomic mass is 35.5. The van der Waals surface area contributed by atoms with E-state index in [0.717, 1.165) is 12.8 Å². The maximum Gasteiger partial charge on any atom is 0.314 e. The van der Waals surface area contributed by atoms with Crippen LogP contribution in [0.5, 0.6) is 5.75 Å². The summed E-state index contributed by atoms with van der Waals surface area (Å²) in [6.45, 7) is 1.87. The average molecular weight is 445 g/mol. The summed E-state index contributed by atoms with van der Waals surface area (Å²) in [5.74, 6) is -3.07. The normalized spacial score (nSPS) is 26.8. The molecule has 1 aromatic rings. The highest BCUT2D eigenvalue weighted by Gasteiger charge is 2.59. The zero-order valence-corrected chi connectivity index (χ0v) is 17.8. The Balaban J connectivity index is 2.39. The van der Waals surface area contributed by atoms with Crippen LogP contribution in [0, 0.1) is 16.0 Å². The van der Waals surface area contributed by atoms with E-state index >= 15 is 0 Å². The molecule has 2 heterocycles. The molecule has 2 aliphatic rings. The van der Waals surface area contributed by atoms with Crippen LogP contribution in [0.4, 0.5) is 0 Å². The summed E-state index contributed by atoms with van der Waals surface area (Å²) in [7, 11) is 2.55. The van der Waals surface area contributed by atoms with Gasteiger partial charge in [-0.15, -0.1) is 0 Å². The van der Waals surface area contributed by atoms with E-state index in [1.165, 1.54) is 33.3 Å². The van der Waals surface area contributed by atoms with Crippen LogP contribution in [0.2, 0.25) is 10.0 Å². The molecule has 8 nitrogen and oxygen atoms in total. The van der Waals surface area contributed by atoms with Crippen LogP contribution in [0.15, 0.2) is 23.5 Å². The molecule has 158 valence electrons. The third kappa shape index (κ3) is 3.53. The summed E-state index contributed by atoms with van der Waals surface area (Å²) in [6.07, 6.45) is 1.89. The number of piperidine rings is 1. The number of nitrogens with zero attached hydrogens (tertiary/aromatic N) is 2. The average Bonchev–Trinajstić information content (AvgIpc) is 2.66. The number of hydrogen-bond acceptors (Lipinski definition) is 7. The smallest absolute Gasteiger partial charge is 0.314 e. The second kappa shape index (κ2) is 8.01. The maximum atomic E-state index is 12.8. The molecular weight excluding hydrogens is 423 g/mol. The maximum absolute atomic E-state index is 12.8. The Morgan fingerprint density at radius 2 is 2.03 bits per heavy atom. The van der Waals surface area contributed by atoms with E-state index in [0.29, 0.717) is 18.7 Å². The number of carbonyl (C=O) groups excluding carboxylic acids is 1. The van der Waals surface area contributed by atoms with Crippen LogP contribution >= 0.6 is 23.2 Å². The molecule has 0 radical (unpaired) electrons. The number of allylic oxidation sites excluding steroid dienone is 2. The van der Waals surface area contributed by atoms with Crippen molar-refractivity contribution in [3.63, 3.8) is 0 Å². The van der Waals surface area contributed by atoms with Crippen LogP contribution in [0.3, 0.4) is 0 Å². The molecule has 10 heteroatoms. The van der Waals surface area contributed by atoms with Crippen molar-refractivity contribution >= 4 is 29.2 Å². The molecule has 0 aliphatic carbocycles. The quantitative estimate of drug-likeness (QED) is 0.430. The molecule has 3 rings (SSSR count). The zero-order valence-electron chi connectivity index (χ0n) is 16.3. The van der Waals surface area contributed by atoms with Crippen molar-refractivity contribution in [2.24, 2.45) is 5.92 Å². The number of rotatable bonds is 4. The van der Waals surface area contributed by atoms with Crippen molar-refractivity contribution in [1.82, 2.24) is 4.90 Å². The summed E-state index contributed by atoms with van der Waals surface area (Å²) in [4.78, 5) is 26.1. The van der Waals surface area contributed by atoms with Gasteiger partial charge in [0.15, 0.2) is 0 Å². The molecule has 0 saturated carbocycles. The van der Waals surface area contributed by atoms with Crippen molar-refractivity contribution in [2.75, 3.05) is 20.8 Å². The Labute approximate surface area is 178 Å². The van der Waals surface area contributed by atoms with Gasteiger partial charge in [0.2, 0.25) is 0 Å². The van der Waals surface area contributed by atoms with Gasteiger partial charge in [0.05, 0.1) is 35.8 Å². The lowest BCUT2D eigenvalue weighted by Crippen LogP contribution is -2.60.